The molecule has 0 aromatic heterocycles. The molecule has 4 N–H and O–H groups in total. The fraction of sp³-hybridized carbons (Fsp3) is 0.727. The second-order valence-electron chi connectivity index (χ2n) is 5.03. The van der Waals surface area contributed by atoms with E-state index >= 15 is 0 Å². The van der Waals surface area contributed by atoms with Gasteiger partial charge in [0.25, 0.3) is 0 Å². The van der Waals surface area contributed by atoms with Crippen LogP contribution in [0, 0.1) is 5.41 Å². The van der Waals surface area contributed by atoms with Crippen LogP contribution in [0.25, 0.3) is 0 Å². The lowest BCUT2D eigenvalue weighted by Gasteiger charge is -2.33. The first-order valence-electron chi connectivity index (χ1n) is 5.90. The van der Waals surface area contributed by atoms with Crippen LogP contribution < -0.4 is 11.1 Å². The average Bonchev–Trinajstić information content (AvgIpc) is 2.35. The number of hydrogen-bond acceptors (Lipinski definition) is 4. The third-order valence-corrected chi connectivity index (χ3v) is 4.05. The van der Waals surface area contributed by atoms with Crippen LogP contribution >= 0.6 is 11.8 Å². The number of nitrogens with zero attached hydrogens (tertiary/aromatic N) is 1. The molecule has 1 saturated heterocycles. The van der Waals surface area contributed by atoms with Gasteiger partial charge in [0.05, 0.1) is 5.41 Å². The van der Waals surface area contributed by atoms with Crippen molar-refractivity contribution in [3.8, 4) is 0 Å². The second-order valence-corrected chi connectivity index (χ2v) is 6.18. The molecule has 1 aliphatic heterocycles. The largest absolute Gasteiger partial charge is 0.480 e. The number of carboxylic acid groups (broad SMARTS) is 1. The van der Waals surface area contributed by atoms with Crippen molar-refractivity contribution >= 4 is 29.7 Å². The first-order valence-corrected chi connectivity index (χ1v) is 7.06. The highest BCUT2D eigenvalue weighted by atomic mass is 32.2. The molecule has 7 nitrogen and oxygen atoms in total. The Morgan fingerprint density at radius 1 is 1.47 bits per heavy atom. The summed E-state index contributed by atoms with van der Waals surface area (Å²) in [5.74, 6) is -0.452. The van der Waals surface area contributed by atoms with Gasteiger partial charge < -0.3 is 21.1 Å². The van der Waals surface area contributed by atoms with Gasteiger partial charge in [-0.15, -0.1) is 0 Å². The third kappa shape index (κ3) is 4.02. The van der Waals surface area contributed by atoms with E-state index in [0.717, 1.165) is 0 Å². The van der Waals surface area contributed by atoms with Crippen molar-refractivity contribution in [3.05, 3.63) is 0 Å². The van der Waals surface area contributed by atoms with Gasteiger partial charge in [0.2, 0.25) is 5.91 Å². The van der Waals surface area contributed by atoms with Gasteiger partial charge in [-0.3, -0.25) is 4.79 Å². The summed E-state index contributed by atoms with van der Waals surface area (Å²) in [7, 11) is 0. The number of carbonyl (C=O) groups excluding carboxylic acids is 2. The molecular weight excluding hydrogens is 270 g/mol. The van der Waals surface area contributed by atoms with E-state index in [1.54, 1.807) is 13.8 Å². The van der Waals surface area contributed by atoms with Crippen LogP contribution in [-0.4, -0.2) is 58.6 Å². The summed E-state index contributed by atoms with van der Waals surface area (Å²) in [4.78, 5) is 35.5. The maximum Gasteiger partial charge on any atom is 0.327 e. The minimum Gasteiger partial charge on any atom is -0.480 e. The van der Waals surface area contributed by atoms with Crippen LogP contribution in [0.2, 0.25) is 0 Å². The van der Waals surface area contributed by atoms with Gasteiger partial charge in [-0.1, -0.05) is 0 Å². The number of thioether (sulfide) groups is 1. The number of urea groups is 1. The van der Waals surface area contributed by atoms with Crippen molar-refractivity contribution < 1.29 is 19.5 Å². The Kier molecular flexibility index (Phi) is 5.04. The van der Waals surface area contributed by atoms with Gasteiger partial charge in [0.1, 0.15) is 6.04 Å². The van der Waals surface area contributed by atoms with Gasteiger partial charge in [-0.25, -0.2) is 9.59 Å². The maximum atomic E-state index is 12.0. The number of nitrogens with one attached hydrogen (secondary N) is 1. The Morgan fingerprint density at radius 2 is 2.11 bits per heavy atom. The summed E-state index contributed by atoms with van der Waals surface area (Å²) in [6, 6.07) is -1.29. The minimum atomic E-state index is -1.02. The standard InChI is InChI=1S/C11H19N3O4S/c1-11(2,9(12)17)6-13-10(18)14-3-4-19-5-7(14)8(15)16/h7H,3-6H2,1-2H3,(H2,12,17)(H,13,18)(H,15,16). The minimum absolute atomic E-state index is 0.0805. The number of aliphatic carboxylic acids is 1. The van der Waals surface area contributed by atoms with E-state index in [-0.39, 0.29) is 6.54 Å². The Balaban J connectivity index is 2.61. The molecule has 8 heteroatoms. The molecule has 108 valence electrons. The van der Waals surface area contributed by atoms with Crippen molar-refractivity contribution in [2.45, 2.75) is 19.9 Å². The predicted molar refractivity (Wildman–Crippen MR) is 71.8 cm³/mol. The van der Waals surface area contributed by atoms with Crippen molar-refractivity contribution in [1.82, 2.24) is 10.2 Å². The zero-order valence-electron chi connectivity index (χ0n) is 11.0. The zero-order chi connectivity index (χ0) is 14.6. The van der Waals surface area contributed by atoms with Crippen molar-refractivity contribution in [1.29, 1.82) is 0 Å². The summed E-state index contributed by atoms with van der Waals surface area (Å²) in [6.07, 6.45) is 0. The number of carbonyl (C=O) groups is 3. The Bertz CT molecular complexity index is 386. The monoisotopic (exact) mass is 289 g/mol. The maximum absolute atomic E-state index is 12.0. The summed E-state index contributed by atoms with van der Waals surface area (Å²) in [5, 5.41) is 11.6. The van der Waals surface area contributed by atoms with E-state index in [0.29, 0.717) is 18.1 Å². The van der Waals surface area contributed by atoms with E-state index in [2.05, 4.69) is 5.32 Å². The first-order chi connectivity index (χ1) is 8.75. The van der Waals surface area contributed by atoms with Crippen molar-refractivity contribution in [3.63, 3.8) is 0 Å². The van der Waals surface area contributed by atoms with Crippen molar-refractivity contribution in [2.75, 3.05) is 24.6 Å². The lowest BCUT2D eigenvalue weighted by molar-refractivity contribution is -0.141. The van der Waals surface area contributed by atoms with Crippen LogP contribution in [0.5, 0.6) is 0 Å². The fourth-order valence-corrected chi connectivity index (χ4v) is 2.57. The Labute approximate surface area is 115 Å². The molecule has 0 radical (unpaired) electrons. The number of amides is 3. The number of carboxylic acids is 1. The molecule has 0 saturated carbocycles. The molecule has 0 aliphatic carbocycles. The van der Waals surface area contributed by atoms with Gasteiger partial charge in [0.15, 0.2) is 0 Å². The molecule has 1 fully saturated rings. The lowest BCUT2D eigenvalue weighted by Crippen LogP contribution is -2.55. The topological polar surface area (TPSA) is 113 Å². The summed E-state index contributed by atoms with van der Waals surface area (Å²) in [6.45, 7) is 3.70. The van der Waals surface area contributed by atoms with E-state index in [1.165, 1.54) is 16.7 Å². The Hall–Kier alpha value is -1.44. The highest BCUT2D eigenvalue weighted by Gasteiger charge is 2.33. The Morgan fingerprint density at radius 3 is 2.63 bits per heavy atom. The molecule has 3 amide bonds. The van der Waals surface area contributed by atoms with Crippen LogP contribution in [-0.2, 0) is 9.59 Å². The van der Waals surface area contributed by atoms with E-state index in [9.17, 15) is 14.4 Å². The molecule has 1 heterocycles. The highest BCUT2D eigenvalue weighted by Crippen LogP contribution is 2.17. The molecule has 0 aromatic carbocycles. The number of rotatable bonds is 4. The SMILES string of the molecule is CC(C)(CNC(=O)N1CCSCC1C(=O)O)C(N)=O. The normalized spacial score (nSPS) is 19.9. The molecule has 19 heavy (non-hydrogen) atoms. The molecule has 1 rings (SSSR count). The van der Waals surface area contributed by atoms with Gasteiger partial charge >= 0.3 is 12.0 Å². The molecule has 1 unspecified atom stereocenters. The molecule has 0 aromatic rings. The van der Waals surface area contributed by atoms with E-state index < -0.39 is 29.4 Å². The molecule has 1 atom stereocenters. The van der Waals surface area contributed by atoms with Gasteiger partial charge in [-0.2, -0.15) is 11.8 Å². The van der Waals surface area contributed by atoms with Crippen LogP contribution in [0.1, 0.15) is 13.8 Å². The molecule has 0 spiro atoms. The summed E-state index contributed by atoms with van der Waals surface area (Å²) in [5.41, 5.74) is 4.35. The number of primary amides is 1. The van der Waals surface area contributed by atoms with Crippen LogP contribution in [0.3, 0.4) is 0 Å². The predicted octanol–water partition coefficient (Wildman–Crippen LogP) is -0.290. The zero-order valence-corrected chi connectivity index (χ0v) is 11.8. The highest BCUT2D eigenvalue weighted by molar-refractivity contribution is 7.99. The number of nitrogens with two attached hydrogens (primary N) is 1. The summed E-state index contributed by atoms with van der Waals surface area (Å²) >= 11 is 1.50. The fourth-order valence-electron chi connectivity index (χ4n) is 1.54. The average molecular weight is 289 g/mol. The van der Waals surface area contributed by atoms with Crippen LogP contribution in [0.4, 0.5) is 4.79 Å². The molecule has 0 bridgehead atoms. The smallest absolute Gasteiger partial charge is 0.327 e. The second kappa shape index (κ2) is 6.14. The number of hydrogen-bond donors (Lipinski definition) is 3. The van der Waals surface area contributed by atoms with Crippen molar-refractivity contribution in [2.24, 2.45) is 11.1 Å². The van der Waals surface area contributed by atoms with Crippen LogP contribution in [0.15, 0.2) is 0 Å². The summed E-state index contributed by atoms with van der Waals surface area (Å²) < 4.78 is 0. The molecule has 1 aliphatic rings. The van der Waals surface area contributed by atoms with Gasteiger partial charge in [-0.05, 0) is 13.8 Å². The van der Waals surface area contributed by atoms with E-state index in [4.69, 9.17) is 10.8 Å². The molecular formula is C11H19N3O4S. The lowest BCUT2D eigenvalue weighted by atomic mass is 9.93. The van der Waals surface area contributed by atoms with E-state index in [1.807, 2.05) is 0 Å². The first kappa shape index (κ1) is 15.6. The quantitative estimate of drug-likeness (QED) is 0.658. The van der Waals surface area contributed by atoms with Gasteiger partial charge in [0, 0.05) is 24.6 Å². The third-order valence-electron chi connectivity index (χ3n) is 3.02.